The quantitative estimate of drug-likeness (QED) is 0.720. The molecule has 0 saturated heterocycles. The Labute approximate surface area is 111 Å². The number of anilines is 1. The van der Waals surface area contributed by atoms with E-state index in [0.29, 0.717) is 5.88 Å². The third-order valence-corrected chi connectivity index (χ3v) is 3.99. The highest BCUT2D eigenvalue weighted by molar-refractivity contribution is 9.10. The van der Waals surface area contributed by atoms with Gasteiger partial charge in [-0.1, -0.05) is 28.9 Å². The van der Waals surface area contributed by atoms with E-state index in [4.69, 9.17) is 11.6 Å². The Hall–Kier alpha value is -0.210. The molecule has 1 nitrogen and oxygen atoms in total. The number of hydrogen-bond acceptors (Lipinski definition) is 1. The lowest BCUT2D eigenvalue weighted by Crippen LogP contribution is -2.26. The van der Waals surface area contributed by atoms with E-state index in [2.05, 4.69) is 46.0 Å². The smallest absolute Gasteiger partial charge is 0.0485 e. The van der Waals surface area contributed by atoms with Crippen LogP contribution in [0.4, 0.5) is 5.69 Å². The van der Waals surface area contributed by atoms with Crippen LogP contribution in [0, 0.1) is 0 Å². The third kappa shape index (κ3) is 2.72. The molecule has 0 amide bonds. The first kappa shape index (κ1) is 12.3. The molecule has 0 aromatic heterocycles. The summed E-state index contributed by atoms with van der Waals surface area (Å²) >= 11 is 9.44. The first-order chi connectivity index (χ1) is 7.76. The molecule has 0 spiro atoms. The Morgan fingerprint density at radius 2 is 2.19 bits per heavy atom. The van der Waals surface area contributed by atoms with E-state index >= 15 is 0 Å². The van der Waals surface area contributed by atoms with Gasteiger partial charge in [-0.25, -0.2) is 0 Å². The molecule has 88 valence electrons. The van der Waals surface area contributed by atoms with Gasteiger partial charge in [0.05, 0.1) is 0 Å². The third-order valence-electron chi connectivity index (χ3n) is 2.96. The summed E-state index contributed by atoms with van der Waals surface area (Å²) in [6.45, 7) is 3.38. The van der Waals surface area contributed by atoms with Crippen LogP contribution in [0.15, 0.2) is 22.7 Å². The molecular weight excluding hydrogens is 286 g/mol. The van der Waals surface area contributed by atoms with E-state index < -0.39 is 0 Å². The summed E-state index contributed by atoms with van der Waals surface area (Å²) in [6, 6.07) is 7.29. The lowest BCUT2D eigenvalue weighted by atomic mass is 10.2. The van der Waals surface area contributed by atoms with Crippen LogP contribution in [0.25, 0.3) is 0 Å². The Morgan fingerprint density at radius 1 is 1.44 bits per heavy atom. The minimum absolute atomic E-state index is 0.568. The normalized spacial score (nSPS) is 15.2. The molecule has 0 atom stereocenters. The molecule has 0 aliphatic heterocycles. The first-order valence-electron chi connectivity index (χ1n) is 5.87. The van der Waals surface area contributed by atoms with Gasteiger partial charge in [-0.15, -0.1) is 11.6 Å². The number of rotatable bonds is 5. The van der Waals surface area contributed by atoms with Gasteiger partial charge in [0, 0.05) is 28.6 Å². The zero-order chi connectivity index (χ0) is 11.5. The van der Waals surface area contributed by atoms with Gasteiger partial charge in [-0.3, -0.25) is 0 Å². The molecule has 16 heavy (non-hydrogen) atoms. The fourth-order valence-electron chi connectivity index (χ4n) is 1.97. The second-order valence-corrected chi connectivity index (χ2v) is 5.46. The topological polar surface area (TPSA) is 3.24 Å². The lowest BCUT2D eigenvalue weighted by molar-refractivity contribution is 0.763. The summed E-state index contributed by atoms with van der Waals surface area (Å²) in [6.07, 6.45) is 3.88. The highest BCUT2D eigenvalue weighted by atomic mass is 79.9. The van der Waals surface area contributed by atoms with Crippen molar-refractivity contribution >= 4 is 33.2 Å². The van der Waals surface area contributed by atoms with Crippen molar-refractivity contribution in [2.75, 3.05) is 11.4 Å². The van der Waals surface area contributed by atoms with Gasteiger partial charge in [-0.05, 0) is 37.0 Å². The van der Waals surface area contributed by atoms with E-state index in [1.54, 1.807) is 0 Å². The molecule has 2 rings (SSSR count). The molecule has 0 unspecified atom stereocenters. The van der Waals surface area contributed by atoms with Crippen LogP contribution in [0.5, 0.6) is 0 Å². The van der Waals surface area contributed by atoms with E-state index in [1.807, 2.05) is 0 Å². The summed E-state index contributed by atoms with van der Waals surface area (Å²) in [7, 11) is 0. The molecule has 1 fully saturated rings. The molecule has 1 aromatic carbocycles. The van der Waals surface area contributed by atoms with E-state index in [1.165, 1.54) is 24.9 Å². The van der Waals surface area contributed by atoms with Crippen molar-refractivity contribution in [3.63, 3.8) is 0 Å². The molecule has 1 aliphatic rings. The van der Waals surface area contributed by atoms with Crippen molar-refractivity contribution < 1.29 is 0 Å². The molecule has 1 aliphatic carbocycles. The van der Waals surface area contributed by atoms with Gasteiger partial charge in [0.25, 0.3) is 0 Å². The Morgan fingerprint density at radius 3 is 2.69 bits per heavy atom. The number of halogens is 2. The van der Waals surface area contributed by atoms with E-state index in [0.717, 1.165) is 22.6 Å². The molecule has 0 heterocycles. The number of hydrogen-bond donors (Lipinski definition) is 0. The molecule has 1 aromatic rings. The van der Waals surface area contributed by atoms with Crippen LogP contribution in [-0.2, 0) is 5.88 Å². The maximum atomic E-state index is 5.86. The molecule has 3 heteroatoms. The van der Waals surface area contributed by atoms with Gasteiger partial charge >= 0.3 is 0 Å². The van der Waals surface area contributed by atoms with Gasteiger partial charge in [0.15, 0.2) is 0 Å². The van der Waals surface area contributed by atoms with Crippen LogP contribution >= 0.6 is 27.5 Å². The molecule has 0 N–H and O–H groups in total. The highest BCUT2D eigenvalue weighted by Gasteiger charge is 2.28. The standard InChI is InChI=1S/C13H17BrClN/c1-2-7-16(11-5-6-11)12-4-3-10(9-15)13(14)8-12/h3-4,8,11H,2,5-7,9H2,1H3. The van der Waals surface area contributed by atoms with Crippen LogP contribution in [0.3, 0.4) is 0 Å². The van der Waals surface area contributed by atoms with E-state index in [9.17, 15) is 0 Å². The van der Waals surface area contributed by atoms with Crippen molar-refractivity contribution in [1.82, 2.24) is 0 Å². The Bertz CT molecular complexity index is 363. The zero-order valence-corrected chi connectivity index (χ0v) is 11.9. The van der Waals surface area contributed by atoms with Crippen molar-refractivity contribution in [2.24, 2.45) is 0 Å². The average Bonchev–Trinajstić information content (AvgIpc) is 3.09. The summed E-state index contributed by atoms with van der Waals surface area (Å²) < 4.78 is 1.13. The van der Waals surface area contributed by atoms with Crippen LogP contribution in [-0.4, -0.2) is 12.6 Å². The maximum Gasteiger partial charge on any atom is 0.0485 e. The van der Waals surface area contributed by atoms with Gasteiger partial charge < -0.3 is 4.90 Å². The fourth-order valence-corrected chi connectivity index (χ4v) is 2.87. The second kappa shape index (κ2) is 5.42. The monoisotopic (exact) mass is 301 g/mol. The fraction of sp³-hybridized carbons (Fsp3) is 0.538. The lowest BCUT2D eigenvalue weighted by Gasteiger charge is -2.24. The van der Waals surface area contributed by atoms with Gasteiger partial charge in [0.1, 0.15) is 0 Å². The predicted octanol–water partition coefficient (Wildman–Crippen LogP) is 4.57. The SMILES string of the molecule is CCCN(c1ccc(CCl)c(Br)c1)C1CC1. The summed E-state index contributed by atoms with van der Waals surface area (Å²) in [4.78, 5) is 2.52. The van der Waals surface area contributed by atoms with E-state index in [-0.39, 0.29) is 0 Å². The Balaban J connectivity index is 2.20. The minimum Gasteiger partial charge on any atom is -0.369 e. The average molecular weight is 303 g/mol. The highest BCUT2D eigenvalue weighted by Crippen LogP contribution is 2.34. The number of benzene rings is 1. The largest absolute Gasteiger partial charge is 0.369 e. The number of alkyl halides is 1. The summed E-state index contributed by atoms with van der Waals surface area (Å²) in [5.74, 6) is 0.568. The zero-order valence-electron chi connectivity index (χ0n) is 9.55. The predicted molar refractivity (Wildman–Crippen MR) is 74.4 cm³/mol. The Kier molecular flexibility index (Phi) is 4.15. The van der Waals surface area contributed by atoms with Crippen LogP contribution in [0.2, 0.25) is 0 Å². The molecule has 0 bridgehead atoms. The van der Waals surface area contributed by atoms with Crippen LogP contribution in [0.1, 0.15) is 31.7 Å². The minimum atomic E-state index is 0.568. The van der Waals surface area contributed by atoms with Crippen LogP contribution < -0.4 is 4.90 Å². The summed E-state index contributed by atoms with van der Waals surface area (Å²) in [5.41, 5.74) is 2.49. The molecular formula is C13H17BrClN. The van der Waals surface area contributed by atoms with Crippen molar-refractivity contribution in [1.29, 1.82) is 0 Å². The number of nitrogens with zero attached hydrogens (tertiary/aromatic N) is 1. The molecule has 1 saturated carbocycles. The van der Waals surface area contributed by atoms with Gasteiger partial charge in [-0.2, -0.15) is 0 Å². The molecule has 0 radical (unpaired) electrons. The van der Waals surface area contributed by atoms with Gasteiger partial charge in [0.2, 0.25) is 0 Å². The summed E-state index contributed by atoms with van der Waals surface area (Å²) in [5, 5.41) is 0. The van der Waals surface area contributed by atoms with Crippen molar-refractivity contribution in [3.8, 4) is 0 Å². The first-order valence-corrected chi connectivity index (χ1v) is 7.20. The maximum absolute atomic E-state index is 5.86. The van der Waals surface area contributed by atoms with Crippen molar-refractivity contribution in [3.05, 3.63) is 28.2 Å². The van der Waals surface area contributed by atoms with Crippen molar-refractivity contribution in [2.45, 2.75) is 38.1 Å². The second-order valence-electron chi connectivity index (χ2n) is 4.33.